The van der Waals surface area contributed by atoms with Crippen molar-refractivity contribution in [3.8, 4) is 11.5 Å². The van der Waals surface area contributed by atoms with Gasteiger partial charge >= 0.3 is 5.97 Å². The van der Waals surface area contributed by atoms with Crippen LogP contribution in [0, 0.1) is 11.8 Å². The first-order chi connectivity index (χ1) is 12.0. The third-order valence-corrected chi connectivity index (χ3v) is 5.00. The van der Waals surface area contributed by atoms with Gasteiger partial charge < -0.3 is 19.9 Å². The second kappa shape index (κ2) is 7.33. The lowest BCUT2D eigenvalue weighted by atomic mass is 9.81. The van der Waals surface area contributed by atoms with Crippen LogP contribution in [0.4, 0.5) is 5.69 Å². The first-order valence-corrected chi connectivity index (χ1v) is 8.98. The van der Waals surface area contributed by atoms with Crippen molar-refractivity contribution in [2.75, 3.05) is 11.9 Å². The molecule has 1 aromatic rings. The highest BCUT2D eigenvalue weighted by molar-refractivity contribution is 5.94. The molecule has 1 aliphatic heterocycles. The average molecular weight is 347 g/mol. The fraction of sp³-hybridized carbons (Fsp3) is 0.579. The number of amides is 1. The zero-order valence-electron chi connectivity index (χ0n) is 14.7. The van der Waals surface area contributed by atoms with Crippen LogP contribution in [0.3, 0.4) is 0 Å². The van der Waals surface area contributed by atoms with Gasteiger partial charge in [-0.1, -0.05) is 0 Å². The Morgan fingerprint density at radius 3 is 2.56 bits per heavy atom. The molecule has 6 heteroatoms. The van der Waals surface area contributed by atoms with E-state index in [0.717, 1.165) is 17.7 Å². The molecule has 1 aliphatic carbocycles. The summed E-state index contributed by atoms with van der Waals surface area (Å²) in [7, 11) is 0. The zero-order chi connectivity index (χ0) is 18.0. The maximum atomic E-state index is 12.6. The number of benzene rings is 1. The predicted molar refractivity (Wildman–Crippen MR) is 93.1 cm³/mol. The second-order valence-corrected chi connectivity index (χ2v) is 6.90. The van der Waals surface area contributed by atoms with Crippen molar-refractivity contribution in [3.63, 3.8) is 0 Å². The fourth-order valence-electron chi connectivity index (χ4n) is 3.65. The first-order valence-electron chi connectivity index (χ1n) is 8.98. The van der Waals surface area contributed by atoms with Crippen LogP contribution in [-0.2, 0) is 16.0 Å². The number of rotatable bonds is 5. The molecule has 0 spiro atoms. The van der Waals surface area contributed by atoms with E-state index in [2.05, 4.69) is 5.32 Å². The molecule has 2 N–H and O–H groups in total. The summed E-state index contributed by atoms with van der Waals surface area (Å²) in [6, 6.07) is 3.78. The van der Waals surface area contributed by atoms with Crippen LogP contribution in [0.1, 0.15) is 45.1 Å². The van der Waals surface area contributed by atoms with Crippen molar-refractivity contribution in [2.24, 2.45) is 11.8 Å². The third-order valence-electron chi connectivity index (χ3n) is 5.00. The molecule has 1 atom stereocenters. The van der Waals surface area contributed by atoms with E-state index in [1.165, 1.54) is 0 Å². The molecule has 0 saturated heterocycles. The summed E-state index contributed by atoms with van der Waals surface area (Å²) in [5.74, 6) is 0.140. The lowest BCUT2D eigenvalue weighted by Crippen LogP contribution is -2.29. The van der Waals surface area contributed by atoms with Crippen molar-refractivity contribution in [3.05, 3.63) is 17.7 Å². The number of carbonyl (C=O) groups excluding carboxylic acids is 1. The number of carboxylic acid groups (broad SMARTS) is 1. The van der Waals surface area contributed by atoms with E-state index in [4.69, 9.17) is 14.6 Å². The van der Waals surface area contributed by atoms with Gasteiger partial charge in [-0.2, -0.15) is 0 Å². The summed E-state index contributed by atoms with van der Waals surface area (Å²) in [6.07, 6.45) is 3.27. The van der Waals surface area contributed by atoms with Gasteiger partial charge in [-0.05, 0) is 45.6 Å². The Hall–Kier alpha value is -2.24. The van der Waals surface area contributed by atoms with Gasteiger partial charge in [-0.25, -0.2) is 0 Å². The largest absolute Gasteiger partial charge is 0.492 e. The maximum absolute atomic E-state index is 12.6. The Morgan fingerprint density at radius 1 is 1.24 bits per heavy atom. The zero-order valence-corrected chi connectivity index (χ0v) is 14.7. The van der Waals surface area contributed by atoms with Crippen molar-refractivity contribution < 1.29 is 24.2 Å². The van der Waals surface area contributed by atoms with Gasteiger partial charge in [0.05, 0.1) is 18.2 Å². The van der Waals surface area contributed by atoms with Crippen LogP contribution in [0.5, 0.6) is 11.5 Å². The maximum Gasteiger partial charge on any atom is 0.306 e. The minimum Gasteiger partial charge on any atom is -0.492 e. The van der Waals surface area contributed by atoms with E-state index in [0.29, 0.717) is 43.7 Å². The Balaban J connectivity index is 1.71. The number of aliphatic carboxylic acids is 1. The molecule has 1 amide bonds. The van der Waals surface area contributed by atoms with Gasteiger partial charge in [0.1, 0.15) is 17.6 Å². The Kier molecular flexibility index (Phi) is 5.16. The van der Waals surface area contributed by atoms with Crippen LogP contribution < -0.4 is 14.8 Å². The standard InChI is InChI=1S/C19H25NO5/c1-3-24-17-9-14-8-11(2)25-16(14)10-15(17)20-18(21)12-4-6-13(7-5-12)19(22)23/h9-13H,3-8H2,1-2H3,(H,20,21)(H,22,23). The lowest BCUT2D eigenvalue weighted by molar-refractivity contribution is -0.143. The SMILES string of the molecule is CCOc1cc2c(cc1NC(=O)C1CCC(C(=O)O)CC1)OC(C)C2. The summed E-state index contributed by atoms with van der Waals surface area (Å²) in [6.45, 7) is 4.44. The van der Waals surface area contributed by atoms with E-state index in [9.17, 15) is 9.59 Å². The molecule has 2 aliphatic rings. The Labute approximate surface area is 147 Å². The number of carboxylic acids is 1. The molecular weight excluding hydrogens is 322 g/mol. The molecule has 0 aromatic heterocycles. The molecule has 0 radical (unpaired) electrons. The Morgan fingerprint density at radius 2 is 1.92 bits per heavy atom. The minimum absolute atomic E-state index is 0.0733. The number of carbonyl (C=O) groups is 2. The van der Waals surface area contributed by atoms with Crippen molar-refractivity contribution >= 4 is 17.6 Å². The van der Waals surface area contributed by atoms with Gasteiger partial charge in [-0.3, -0.25) is 9.59 Å². The highest BCUT2D eigenvalue weighted by Gasteiger charge is 2.30. The molecule has 1 aromatic carbocycles. The van der Waals surface area contributed by atoms with E-state index in [-0.39, 0.29) is 23.8 Å². The van der Waals surface area contributed by atoms with Crippen LogP contribution in [0.25, 0.3) is 0 Å². The van der Waals surface area contributed by atoms with Crippen LogP contribution in [0.2, 0.25) is 0 Å². The smallest absolute Gasteiger partial charge is 0.306 e. The van der Waals surface area contributed by atoms with Crippen molar-refractivity contribution in [1.82, 2.24) is 0 Å². The monoisotopic (exact) mass is 347 g/mol. The van der Waals surface area contributed by atoms with Gasteiger partial charge in [-0.15, -0.1) is 0 Å². The van der Waals surface area contributed by atoms with Crippen LogP contribution >= 0.6 is 0 Å². The molecule has 1 heterocycles. The molecule has 3 rings (SSSR count). The topological polar surface area (TPSA) is 84.9 Å². The normalized spacial score (nSPS) is 25.0. The molecule has 1 fully saturated rings. The molecule has 136 valence electrons. The highest BCUT2D eigenvalue weighted by Crippen LogP contribution is 2.39. The van der Waals surface area contributed by atoms with Crippen molar-refractivity contribution in [2.45, 2.75) is 52.1 Å². The highest BCUT2D eigenvalue weighted by atomic mass is 16.5. The third kappa shape index (κ3) is 3.89. The predicted octanol–water partition coefficient (Wildman–Crippen LogP) is 3.24. The first kappa shape index (κ1) is 17.6. The van der Waals surface area contributed by atoms with Gasteiger partial charge in [0.15, 0.2) is 0 Å². The van der Waals surface area contributed by atoms with E-state index in [1.54, 1.807) is 0 Å². The average Bonchev–Trinajstić information content (AvgIpc) is 2.94. The van der Waals surface area contributed by atoms with Gasteiger partial charge in [0.2, 0.25) is 5.91 Å². The number of ether oxygens (including phenoxy) is 2. The molecule has 6 nitrogen and oxygen atoms in total. The second-order valence-electron chi connectivity index (χ2n) is 6.90. The van der Waals surface area contributed by atoms with Gasteiger partial charge in [0, 0.05) is 24.0 Å². The lowest BCUT2D eigenvalue weighted by Gasteiger charge is -2.25. The number of hydrogen-bond donors (Lipinski definition) is 2. The number of nitrogens with one attached hydrogen (secondary N) is 1. The molecule has 1 saturated carbocycles. The number of anilines is 1. The van der Waals surface area contributed by atoms with E-state index < -0.39 is 5.97 Å². The number of fused-ring (bicyclic) bond motifs is 1. The summed E-state index contributed by atoms with van der Waals surface area (Å²) < 4.78 is 11.5. The van der Waals surface area contributed by atoms with Crippen molar-refractivity contribution in [1.29, 1.82) is 0 Å². The fourth-order valence-corrected chi connectivity index (χ4v) is 3.65. The summed E-state index contributed by atoms with van der Waals surface area (Å²) in [4.78, 5) is 23.7. The van der Waals surface area contributed by atoms with Crippen LogP contribution in [0.15, 0.2) is 12.1 Å². The Bertz CT molecular complexity index is 664. The quantitative estimate of drug-likeness (QED) is 0.854. The van der Waals surface area contributed by atoms with E-state index in [1.807, 2.05) is 26.0 Å². The summed E-state index contributed by atoms with van der Waals surface area (Å²) in [5.41, 5.74) is 1.72. The summed E-state index contributed by atoms with van der Waals surface area (Å²) >= 11 is 0. The van der Waals surface area contributed by atoms with E-state index >= 15 is 0 Å². The molecule has 0 bridgehead atoms. The van der Waals surface area contributed by atoms with Crippen LogP contribution in [-0.4, -0.2) is 29.7 Å². The summed E-state index contributed by atoms with van der Waals surface area (Å²) in [5, 5.41) is 12.0. The van der Waals surface area contributed by atoms with Gasteiger partial charge in [0.25, 0.3) is 0 Å². The molecular formula is C19H25NO5. The minimum atomic E-state index is -0.762. The molecule has 1 unspecified atom stereocenters. The number of hydrogen-bond acceptors (Lipinski definition) is 4. The molecule has 25 heavy (non-hydrogen) atoms.